The van der Waals surface area contributed by atoms with Crippen molar-refractivity contribution >= 4 is 11.6 Å². The van der Waals surface area contributed by atoms with Crippen molar-refractivity contribution in [3.63, 3.8) is 0 Å². The molecule has 0 radical (unpaired) electrons. The lowest BCUT2D eigenvalue weighted by molar-refractivity contribution is -0.120. The lowest BCUT2D eigenvalue weighted by Crippen LogP contribution is -2.35. The van der Waals surface area contributed by atoms with Gasteiger partial charge < -0.3 is 15.4 Å². The number of likely N-dealkylation sites (N-methyl/N-ethyl adjacent to an activating group) is 1. The molecule has 1 aromatic carbocycles. The highest BCUT2D eigenvalue weighted by atomic mass is 16.5. The summed E-state index contributed by atoms with van der Waals surface area (Å²) in [6.07, 6.45) is 0.872. The van der Waals surface area contributed by atoms with Crippen molar-refractivity contribution in [1.29, 1.82) is 0 Å². The maximum Gasteiger partial charge on any atom is 0.264 e. The molecule has 1 heterocycles. The number of ether oxygens (including phenoxy) is 1. The highest BCUT2D eigenvalue weighted by Crippen LogP contribution is 2.33. The minimum Gasteiger partial charge on any atom is -0.482 e. The summed E-state index contributed by atoms with van der Waals surface area (Å²) >= 11 is 0. The van der Waals surface area contributed by atoms with E-state index < -0.39 is 0 Å². The summed E-state index contributed by atoms with van der Waals surface area (Å²) in [4.78, 5) is 13.1. The third kappa shape index (κ3) is 1.76. The molecule has 1 aliphatic rings. The summed E-state index contributed by atoms with van der Waals surface area (Å²) in [6.45, 7) is 2.15. The second-order valence-corrected chi connectivity index (χ2v) is 3.98. The SMILES string of the molecule is CCC(N)c1ccc2c(c1)N(C)C(=O)CO2. The molecule has 0 bridgehead atoms. The highest BCUT2D eigenvalue weighted by Gasteiger charge is 2.22. The van der Waals surface area contributed by atoms with Gasteiger partial charge in [-0.2, -0.15) is 0 Å². The van der Waals surface area contributed by atoms with E-state index in [9.17, 15) is 4.79 Å². The first-order valence-corrected chi connectivity index (χ1v) is 5.42. The Kier molecular flexibility index (Phi) is 2.83. The maximum absolute atomic E-state index is 11.5. The van der Waals surface area contributed by atoms with Crippen LogP contribution in [0.3, 0.4) is 0 Å². The number of rotatable bonds is 2. The first-order chi connectivity index (χ1) is 7.63. The van der Waals surface area contributed by atoms with Gasteiger partial charge in [-0.1, -0.05) is 13.0 Å². The van der Waals surface area contributed by atoms with Gasteiger partial charge in [0.05, 0.1) is 5.69 Å². The van der Waals surface area contributed by atoms with Crippen molar-refractivity contribution in [2.45, 2.75) is 19.4 Å². The molecule has 4 heteroatoms. The zero-order valence-electron chi connectivity index (χ0n) is 9.56. The van der Waals surface area contributed by atoms with E-state index in [1.807, 2.05) is 25.1 Å². The number of anilines is 1. The summed E-state index contributed by atoms with van der Waals surface area (Å²) in [7, 11) is 1.75. The largest absolute Gasteiger partial charge is 0.482 e. The first-order valence-electron chi connectivity index (χ1n) is 5.42. The molecule has 1 amide bonds. The van der Waals surface area contributed by atoms with Gasteiger partial charge in [-0.3, -0.25) is 4.79 Å². The third-order valence-electron chi connectivity index (χ3n) is 2.94. The Morgan fingerprint density at radius 1 is 1.56 bits per heavy atom. The monoisotopic (exact) mass is 220 g/mol. The molecule has 0 spiro atoms. The minimum atomic E-state index is -0.0327. The Hall–Kier alpha value is -1.55. The van der Waals surface area contributed by atoms with E-state index in [0.717, 1.165) is 23.4 Å². The number of nitrogens with two attached hydrogens (primary N) is 1. The molecule has 1 aromatic rings. The molecule has 16 heavy (non-hydrogen) atoms. The molecule has 0 saturated heterocycles. The predicted molar refractivity (Wildman–Crippen MR) is 62.6 cm³/mol. The molecule has 86 valence electrons. The number of nitrogens with zero attached hydrogens (tertiary/aromatic N) is 1. The zero-order chi connectivity index (χ0) is 11.7. The number of benzene rings is 1. The van der Waals surface area contributed by atoms with Crippen LogP contribution in [0, 0.1) is 0 Å². The van der Waals surface area contributed by atoms with Crippen LogP contribution in [0.2, 0.25) is 0 Å². The Morgan fingerprint density at radius 3 is 3.00 bits per heavy atom. The number of fused-ring (bicyclic) bond motifs is 1. The topological polar surface area (TPSA) is 55.6 Å². The van der Waals surface area contributed by atoms with Gasteiger partial charge in [0.2, 0.25) is 0 Å². The van der Waals surface area contributed by atoms with Crippen LogP contribution in [0.25, 0.3) is 0 Å². The molecular weight excluding hydrogens is 204 g/mol. The summed E-state index contributed by atoms with van der Waals surface area (Å²) in [5.41, 5.74) is 7.80. The smallest absolute Gasteiger partial charge is 0.264 e. The van der Waals surface area contributed by atoms with Gasteiger partial charge in [0.15, 0.2) is 6.61 Å². The fourth-order valence-corrected chi connectivity index (χ4v) is 1.76. The van der Waals surface area contributed by atoms with Crippen LogP contribution in [0.4, 0.5) is 5.69 Å². The van der Waals surface area contributed by atoms with Gasteiger partial charge in [0.1, 0.15) is 5.75 Å². The number of carbonyl (C=O) groups is 1. The lowest BCUT2D eigenvalue weighted by Gasteiger charge is -2.27. The van der Waals surface area contributed by atoms with Crippen LogP contribution in [0.5, 0.6) is 5.75 Å². The fraction of sp³-hybridized carbons (Fsp3) is 0.417. The van der Waals surface area contributed by atoms with Crippen molar-refractivity contribution in [2.75, 3.05) is 18.6 Å². The Bertz CT molecular complexity index is 417. The standard InChI is InChI=1S/C12H16N2O2/c1-3-9(13)8-4-5-11-10(6-8)14(2)12(15)7-16-11/h4-6,9H,3,7,13H2,1-2H3. The molecule has 0 saturated carbocycles. The van der Waals surface area contributed by atoms with E-state index in [0.29, 0.717) is 0 Å². The number of amides is 1. The third-order valence-corrected chi connectivity index (χ3v) is 2.94. The summed E-state index contributed by atoms with van der Waals surface area (Å²) in [5.74, 6) is 0.712. The van der Waals surface area contributed by atoms with Crippen LogP contribution < -0.4 is 15.4 Å². The lowest BCUT2D eigenvalue weighted by atomic mass is 10.0. The summed E-state index contributed by atoms with van der Waals surface area (Å²) in [6, 6.07) is 5.77. The van der Waals surface area contributed by atoms with Crippen LogP contribution in [0.1, 0.15) is 24.9 Å². The predicted octanol–water partition coefficient (Wildman–Crippen LogP) is 1.45. The van der Waals surface area contributed by atoms with Crippen LogP contribution in [-0.4, -0.2) is 19.6 Å². The van der Waals surface area contributed by atoms with E-state index in [4.69, 9.17) is 10.5 Å². The van der Waals surface area contributed by atoms with E-state index >= 15 is 0 Å². The molecule has 2 rings (SSSR count). The van der Waals surface area contributed by atoms with Crippen molar-refractivity contribution in [3.8, 4) is 5.75 Å². The van der Waals surface area contributed by atoms with Crippen LogP contribution in [-0.2, 0) is 4.79 Å². The molecule has 1 atom stereocenters. The summed E-state index contributed by atoms with van der Waals surface area (Å²) < 4.78 is 5.34. The van der Waals surface area contributed by atoms with Gasteiger partial charge in [-0.15, -0.1) is 0 Å². The Balaban J connectivity index is 2.40. The van der Waals surface area contributed by atoms with Crippen molar-refractivity contribution in [3.05, 3.63) is 23.8 Å². The second-order valence-electron chi connectivity index (χ2n) is 3.98. The normalized spacial score (nSPS) is 16.7. The molecule has 1 unspecified atom stereocenters. The van der Waals surface area contributed by atoms with Gasteiger partial charge in [0.25, 0.3) is 5.91 Å². The molecule has 2 N–H and O–H groups in total. The zero-order valence-corrected chi connectivity index (χ0v) is 9.56. The van der Waals surface area contributed by atoms with Gasteiger partial charge in [-0.25, -0.2) is 0 Å². The number of hydrogen-bond acceptors (Lipinski definition) is 3. The second kappa shape index (κ2) is 4.14. The van der Waals surface area contributed by atoms with E-state index in [1.54, 1.807) is 11.9 Å². The molecule has 4 nitrogen and oxygen atoms in total. The van der Waals surface area contributed by atoms with Gasteiger partial charge in [0, 0.05) is 13.1 Å². The first kappa shape index (κ1) is 11.0. The molecular formula is C12H16N2O2. The van der Waals surface area contributed by atoms with E-state index in [1.165, 1.54) is 0 Å². The minimum absolute atomic E-state index is 0.00993. The van der Waals surface area contributed by atoms with Crippen molar-refractivity contribution < 1.29 is 9.53 Å². The molecule has 0 fully saturated rings. The van der Waals surface area contributed by atoms with Crippen LogP contribution >= 0.6 is 0 Å². The maximum atomic E-state index is 11.5. The number of carbonyl (C=O) groups excluding carboxylic acids is 1. The molecule has 0 aromatic heterocycles. The van der Waals surface area contributed by atoms with Crippen LogP contribution in [0.15, 0.2) is 18.2 Å². The average Bonchev–Trinajstić information content (AvgIpc) is 2.32. The van der Waals surface area contributed by atoms with Gasteiger partial charge in [-0.05, 0) is 24.1 Å². The molecule has 1 aliphatic heterocycles. The highest BCUT2D eigenvalue weighted by molar-refractivity contribution is 5.97. The van der Waals surface area contributed by atoms with Crippen molar-refractivity contribution in [2.24, 2.45) is 5.73 Å². The quantitative estimate of drug-likeness (QED) is 0.820. The summed E-state index contributed by atoms with van der Waals surface area (Å²) in [5, 5.41) is 0. The van der Waals surface area contributed by atoms with Gasteiger partial charge >= 0.3 is 0 Å². The van der Waals surface area contributed by atoms with Crippen molar-refractivity contribution in [1.82, 2.24) is 0 Å². The Morgan fingerprint density at radius 2 is 2.31 bits per heavy atom. The fourth-order valence-electron chi connectivity index (χ4n) is 1.76. The van der Waals surface area contributed by atoms with E-state index in [2.05, 4.69) is 0 Å². The molecule has 0 aliphatic carbocycles. The van der Waals surface area contributed by atoms with E-state index in [-0.39, 0.29) is 18.6 Å². The Labute approximate surface area is 95.0 Å². The number of hydrogen-bond donors (Lipinski definition) is 1. The average molecular weight is 220 g/mol.